The topological polar surface area (TPSA) is 33.3 Å². The summed E-state index contributed by atoms with van der Waals surface area (Å²) in [7, 11) is 1.92. The average molecular weight is 168 g/mol. The fourth-order valence-electron chi connectivity index (χ4n) is 0.946. The van der Waals surface area contributed by atoms with Crippen LogP contribution in [-0.2, 0) is 4.74 Å². The van der Waals surface area contributed by atoms with Crippen molar-refractivity contribution in [1.29, 1.82) is 0 Å². The molecule has 0 saturated heterocycles. The Balaban J connectivity index is 2.24. The first-order chi connectivity index (χ1) is 5.83. The summed E-state index contributed by atoms with van der Waals surface area (Å²) < 4.78 is 5.46. The molecule has 0 spiro atoms. The molecule has 1 aliphatic heterocycles. The molecule has 1 rings (SSSR count). The Morgan fingerprint density at radius 1 is 1.58 bits per heavy atom. The molecule has 0 unspecified atom stereocenters. The second-order valence-corrected chi connectivity index (χ2v) is 2.79. The van der Waals surface area contributed by atoms with Crippen LogP contribution >= 0.6 is 0 Å². The van der Waals surface area contributed by atoms with Crippen LogP contribution in [-0.4, -0.2) is 26.7 Å². The van der Waals surface area contributed by atoms with Gasteiger partial charge in [0.15, 0.2) is 0 Å². The summed E-state index contributed by atoms with van der Waals surface area (Å²) in [5.41, 5.74) is 1.19. The molecular formula is C9H16N2O. The molecule has 0 bridgehead atoms. The Labute approximate surface area is 73.5 Å². The van der Waals surface area contributed by atoms with Crippen LogP contribution in [0.25, 0.3) is 0 Å². The number of rotatable bonds is 4. The first-order valence-corrected chi connectivity index (χ1v) is 4.21. The van der Waals surface area contributed by atoms with Crippen molar-refractivity contribution in [1.82, 2.24) is 10.6 Å². The molecule has 0 aromatic heterocycles. The third-order valence-electron chi connectivity index (χ3n) is 1.70. The van der Waals surface area contributed by atoms with E-state index >= 15 is 0 Å². The van der Waals surface area contributed by atoms with E-state index in [-0.39, 0.29) is 0 Å². The van der Waals surface area contributed by atoms with Crippen LogP contribution in [0, 0.1) is 0 Å². The number of dihydropyridines is 1. The molecule has 0 radical (unpaired) electrons. The van der Waals surface area contributed by atoms with Gasteiger partial charge in [-0.1, -0.05) is 0 Å². The van der Waals surface area contributed by atoms with Gasteiger partial charge in [-0.05, 0) is 26.1 Å². The van der Waals surface area contributed by atoms with Crippen molar-refractivity contribution in [3.05, 3.63) is 23.6 Å². The molecule has 0 atom stereocenters. The van der Waals surface area contributed by atoms with E-state index in [0.717, 1.165) is 25.5 Å². The van der Waals surface area contributed by atoms with Crippen LogP contribution in [0.4, 0.5) is 0 Å². The maximum Gasteiger partial charge on any atom is 0.115 e. The van der Waals surface area contributed by atoms with Crippen LogP contribution in [0.1, 0.15) is 6.92 Å². The van der Waals surface area contributed by atoms with Gasteiger partial charge in [-0.25, -0.2) is 0 Å². The van der Waals surface area contributed by atoms with E-state index in [1.807, 2.05) is 26.1 Å². The van der Waals surface area contributed by atoms with Gasteiger partial charge in [0.2, 0.25) is 0 Å². The molecule has 0 aromatic rings. The number of nitrogens with one attached hydrogen (secondary N) is 2. The predicted octanol–water partition coefficient (Wildman–Crippen LogP) is 0.613. The van der Waals surface area contributed by atoms with Crippen molar-refractivity contribution in [2.75, 3.05) is 26.7 Å². The van der Waals surface area contributed by atoms with Gasteiger partial charge in [0.1, 0.15) is 12.4 Å². The maximum absolute atomic E-state index is 5.46. The normalized spacial score (nSPS) is 16.2. The van der Waals surface area contributed by atoms with E-state index < -0.39 is 0 Å². The molecule has 1 aliphatic rings. The zero-order chi connectivity index (χ0) is 8.81. The van der Waals surface area contributed by atoms with Gasteiger partial charge in [0, 0.05) is 12.2 Å². The van der Waals surface area contributed by atoms with Crippen LogP contribution in [0.2, 0.25) is 0 Å². The highest BCUT2D eigenvalue weighted by molar-refractivity contribution is 5.18. The summed E-state index contributed by atoms with van der Waals surface area (Å²) in [4.78, 5) is 0. The van der Waals surface area contributed by atoms with Gasteiger partial charge in [-0.3, -0.25) is 0 Å². The highest BCUT2D eigenvalue weighted by Crippen LogP contribution is 2.03. The van der Waals surface area contributed by atoms with Gasteiger partial charge < -0.3 is 15.4 Å². The molecule has 2 N–H and O–H groups in total. The van der Waals surface area contributed by atoms with Crippen molar-refractivity contribution in [3.63, 3.8) is 0 Å². The summed E-state index contributed by atoms with van der Waals surface area (Å²) in [5, 5.41) is 6.23. The molecule has 3 heteroatoms. The minimum Gasteiger partial charge on any atom is -0.495 e. The molecule has 3 nitrogen and oxygen atoms in total. The molecule has 0 saturated carbocycles. The molecule has 0 aromatic carbocycles. The summed E-state index contributed by atoms with van der Waals surface area (Å²) in [6.07, 6.45) is 4.04. The molecule has 0 amide bonds. The Bertz CT molecular complexity index is 197. The van der Waals surface area contributed by atoms with Crippen molar-refractivity contribution < 1.29 is 4.74 Å². The van der Waals surface area contributed by atoms with Gasteiger partial charge in [-0.15, -0.1) is 0 Å². The number of ether oxygens (including phenoxy) is 1. The Hall–Kier alpha value is -0.960. The lowest BCUT2D eigenvalue weighted by molar-refractivity contribution is 0.207. The quantitative estimate of drug-likeness (QED) is 0.603. The summed E-state index contributed by atoms with van der Waals surface area (Å²) >= 11 is 0. The fraction of sp³-hybridized carbons (Fsp3) is 0.556. The van der Waals surface area contributed by atoms with Crippen molar-refractivity contribution >= 4 is 0 Å². The maximum atomic E-state index is 5.46. The second-order valence-electron chi connectivity index (χ2n) is 2.79. The van der Waals surface area contributed by atoms with Gasteiger partial charge in [-0.2, -0.15) is 0 Å². The average Bonchev–Trinajstić information content (AvgIpc) is 2.09. The molecule has 12 heavy (non-hydrogen) atoms. The zero-order valence-corrected chi connectivity index (χ0v) is 7.68. The van der Waals surface area contributed by atoms with Crippen LogP contribution in [0.5, 0.6) is 0 Å². The highest BCUT2D eigenvalue weighted by Gasteiger charge is 2.01. The number of allylic oxidation sites excluding steroid dienone is 3. The van der Waals surface area contributed by atoms with Crippen LogP contribution in [0.15, 0.2) is 23.6 Å². The highest BCUT2D eigenvalue weighted by atomic mass is 16.5. The number of hydrogen-bond donors (Lipinski definition) is 2. The number of hydrogen-bond acceptors (Lipinski definition) is 3. The monoisotopic (exact) mass is 168 g/mol. The van der Waals surface area contributed by atoms with Crippen LogP contribution < -0.4 is 10.6 Å². The molecule has 68 valence electrons. The minimum atomic E-state index is 0.733. The van der Waals surface area contributed by atoms with Gasteiger partial charge in [0.25, 0.3) is 0 Å². The summed E-state index contributed by atoms with van der Waals surface area (Å²) in [6.45, 7) is 4.48. The smallest absolute Gasteiger partial charge is 0.115 e. The third-order valence-corrected chi connectivity index (χ3v) is 1.70. The first kappa shape index (κ1) is 9.13. The zero-order valence-electron chi connectivity index (χ0n) is 7.68. The fourth-order valence-corrected chi connectivity index (χ4v) is 0.946. The Kier molecular flexibility index (Phi) is 3.67. The van der Waals surface area contributed by atoms with E-state index in [1.54, 1.807) is 0 Å². The second kappa shape index (κ2) is 4.83. The molecule has 0 fully saturated rings. The minimum absolute atomic E-state index is 0.733. The van der Waals surface area contributed by atoms with Crippen molar-refractivity contribution in [2.45, 2.75) is 6.92 Å². The first-order valence-electron chi connectivity index (χ1n) is 4.21. The van der Waals surface area contributed by atoms with Crippen LogP contribution in [0.3, 0.4) is 0 Å². The van der Waals surface area contributed by atoms with E-state index in [4.69, 9.17) is 4.74 Å². The largest absolute Gasteiger partial charge is 0.495 e. The SMILES string of the molecule is CNCCOC1=CC=C(C)NC1. The van der Waals surface area contributed by atoms with Gasteiger partial charge >= 0.3 is 0 Å². The summed E-state index contributed by atoms with van der Waals surface area (Å²) in [5.74, 6) is 1.01. The lowest BCUT2D eigenvalue weighted by Crippen LogP contribution is -2.21. The van der Waals surface area contributed by atoms with Crippen molar-refractivity contribution in [3.8, 4) is 0 Å². The third kappa shape index (κ3) is 2.96. The lowest BCUT2D eigenvalue weighted by Gasteiger charge is -2.15. The van der Waals surface area contributed by atoms with E-state index in [1.165, 1.54) is 5.70 Å². The number of likely N-dealkylation sites (N-methyl/N-ethyl adjacent to an activating group) is 1. The van der Waals surface area contributed by atoms with E-state index in [0.29, 0.717) is 0 Å². The Morgan fingerprint density at radius 2 is 2.42 bits per heavy atom. The van der Waals surface area contributed by atoms with Crippen molar-refractivity contribution in [2.24, 2.45) is 0 Å². The Morgan fingerprint density at radius 3 is 3.00 bits per heavy atom. The van der Waals surface area contributed by atoms with E-state index in [2.05, 4.69) is 10.6 Å². The lowest BCUT2D eigenvalue weighted by atomic mass is 10.3. The summed E-state index contributed by atoms with van der Waals surface area (Å²) in [6, 6.07) is 0. The predicted molar refractivity (Wildman–Crippen MR) is 49.7 cm³/mol. The van der Waals surface area contributed by atoms with Gasteiger partial charge in [0.05, 0.1) is 6.54 Å². The van der Waals surface area contributed by atoms with E-state index in [9.17, 15) is 0 Å². The molecular weight excluding hydrogens is 152 g/mol. The molecule has 0 aliphatic carbocycles. The molecule has 1 heterocycles. The standard InChI is InChI=1S/C9H16N2O/c1-8-3-4-9(7-11-8)12-6-5-10-2/h3-4,10-11H,5-7H2,1-2H3.